The number of carboxylic acids is 1. The maximum atomic E-state index is 12.6. The van der Waals surface area contributed by atoms with Gasteiger partial charge in [-0.3, -0.25) is 19.4 Å². The van der Waals surface area contributed by atoms with Crippen LogP contribution in [0.2, 0.25) is 0 Å². The van der Waals surface area contributed by atoms with Crippen molar-refractivity contribution in [1.82, 2.24) is 39.9 Å². The molecule has 4 N–H and O–H groups in total. The Kier molecular flexibility index (Phi) is 57.8. The van der Waals surface area contributed by atoms with Gasteiger partial charge in [0.1, 0.15) is 5.69 Å². The minimum absolute atomic E-state index is 0. The summed E-state index contributed by atoms with van der Waals surface area (Å²) in [5, 5.41) is 35.8. The number of halogens is 3. The Hall–Kier alpha value is -12.0. The molecule has 0 fully saturated rings. The molecule has 131 heavy (non-hydrogen) atoms. The molecule has 16 nitrogen and oxygen atoms in total. The number of rotatable bonds is 12. The molecule has 16 aromatic rings. The first-order valence-corrected chi connectivity index (χ1v) is 38.9. The molecule has 0 saturated heterocycles. The van der Waals surface area contributed by atoms with Crippen LogP contribution < -0.4 is 0 Å². The van der Waals surface area contributed by atoms with Gasteiger partial charge >= 0.3 is 12.1 Å². The number of aromatic nitrogens is 8. The number of carboxylic acid groups (broad SMARTS) is 1. The van der Waals surface area contributed by atoms with Gasteiger partial charge in [0.25, 0.3) is 0 Å². The van der Waals surface area contributed by atoms with Crippen molar-refractivity contribution in [2.24, 2.45) is 0 Å². The molecule has 25 heteroatoms. The van der Waals surface area contributed by atoms with E-state index in [9.17, 15) is 32.3 Å². The number of ketones is 3. The molecule has 0 spiro atoms. The van der Waals surface area contributed by atoms with Crippen LogP contribution in [-0.2, 0) is 141 Å². The fourth-order valence-electron chi connectivity index (χ4n) is 11.0. The maximum absolute atomic E-state index is 12.6. The Morgan fingerprint density at radius 3 is 1.12 bits per heavy atom. The first-order valence-electron chi connectivity index (χ1n) is 38.9. The second-order valence-corrected chi connectivity index (χ2v) is 27.0. The van der Waals surface area contributed by atoms with Gasteiger partial charge in [-0.1, -0.05) is 160 Å². The van der Waals surface area contributed by atoms with Crippen LogP contribution in [0, 0.1) is 57.2 Å². The number of aliphatic hydroxyl groups is 3. The fraction of sp³-hybridized carbons (Fsp3) is 0.0943. The number of hydrogen-bond acceptors (Lipinski definition) is 15. The molecule has 0 unspecified atom stereocenters. The molecule has 0 atom stereocenters. The molecule has 9 aromatic carbocycles. The Morgan fingerprint density at radius 2 is 0.725 bits per heavy atom. The normalized spacial score (nSPS) is 10.0. The van der Waals surface area contributed by atoms with E-state index in [1.165, 1.54) is 93.9 Å². The zero-order valence-corrected chi connectivity index (χ0v) is 86.6. The molecule has 0 saturated carbocycles. The first kappa shape index (κ1) is 117. The van der Waals surface area contributed by atoms with Crippen molar-refractivity contribution >= 4 is 34.1 Å². The molecule has 7 aromatic heterocycles. The van der Waals surface area contributed by atoms with E-state index in [0.717, 1.165) is 84.9 Å². The number of benzene rings is 9. The van der Waals surface area contributed by atoms with Crippen LogP contribution in [0.1, 0.15) is 74.3 Å². The number of pyridine rings is 6. The van der Waals surface area contributed by atoms with Crippen LogP contribution in [-0.4, -0.2) is 83.6 Å². The fourth-order valence-corrected chi connectivity index (χ4v) is 11.0. The topological polar surface area (TPSA) is 252 Å². The van der Waals surface area contributed by atoms with Crippen LogP contribution in [0.3, 0.4) is 0 Å². The van der Waals surface area contributed by atoms with Gasteiger partial charge in [0.15, 0.2) is 17.3 Å². The van der Waals surface area contributed by atoms with Gasteiger partial charge < -0.3 is 50.3 Å². The quantitative estimate of drug-likeness (QED) is 0.0504. The van der Waals surface area contributed by atoms with Gasteiger partial charge in [0, 0.05) is 193 Å². The summed E-state index contributed by atoms with van der Waals surface area (Å²) in [6, 6.07) is 115. The van der Waals surface area contributed by atoms with E-state index in [4.69, 9.17) is 30.4 Å². The largest absolute Gasteiger partial charge is 0.512 e. The van der Waals surface area contributed by atoms with E-state index in [0.29, 0.717) is 16.8 Å². The number of aromatic carboxylic acids is 1. The zero-order chi connectivity index (χ0) is 90.1. The third-order valence-electron chi connectivity index (χ3n) is 16.3. The summed E-state index contributed by atoms with van der Waals surface area (Å²) >= 11 is 0. The molecule has 0 aliphatic carbocycles. The predicted molar refractivity (Wildman–Crippen MR) is 489 cm³/mol. The van der Waals surface area contributed by atoms with E-state index in [1.807, 2.05) is 231 Å². The van der Waals surface area contributed by atoms with Gasteiger partial charge in [0.2, 0.25) is 0 Å². The zero-order valence-electron chi connectivity index (χ0n) is 72.3. The molecule has 684 valence electrons. The number of carbonyl (C=O) groups is 4. The number of nitrogens with zero attached hydrogens (tertiary/aromatic N) is 8. The molecule has 0 amide bonds. The van der Waals surface area contributed by atoms with Gasteiger partial charge in [-0.15, -0.1) is 208 Å². The smallest absolute Gasteiger partial charge is 0.399 e. The van der Waals surface area contributed by atoms with Crippen LogP contribution in [0.25, 0.3) is 101 Å². The molecule has 7 heterocycles. The van der Waals surface area contributed by atoms with Crippen molar-refractivity contribution in [3.8, 4) is 90.1 Å². The van der Waals surface area contributed by atoms with Gasteiger partial charge in [0.05, 0.1) is 28.7 Å². The van der Waals surface area contributed by atoms with Crippen molar-refractivity contribution in [3.63, 3.8) is 0 Å². The summed E-state index contributed by atoms with van der Waals surface area (Å²) in [6.45, 7) is 14.3. The van der Waals surface area contributed by atoms with Gasteiger partial charge in [-0.05, 0) is 134 Å². The Labute approximate surface area is 844 Å². The number of alkyl halides is 3. The van der Waals surface area contributed by atoms with E-state index in [2.05, 4.69) is 117 Å². The first-order chi connectivity index (χ1) is 60.2. The molecular formula is C106H91F3Ir6N8O8-6. The van der Waals surface area contributed by atoms with E-state index in [1.54, 1.807) is 68.1 Å². The number of fused-ring (bicyclic) bond motifs is 1. The molecule has 0 aliphatic rings. The third kappa shape index (κ3) is 44.9. The molecule has 6 radical (unpaired) electrons. The number of hydrogen-bond donors (Lipinski definition) is 4. The van der Waals surface area contributed by atoms with Crippen molar-refractivity contribution in [2.75, 3.05) is 0 Å². The van der Waals surface area contributed by atoms with Gasteiger partial charge in [-0.25, -0.2) is 9.78 Å². The summed E-state index contributed by atoms with van der Waals surface area (Å²) < 4.78 is 37.8. The monoisotopic (exact) mass is 2820 g/mol. The predicted octanol–water partition coefficient (Wildman–Crippen LogP) is 25.0. The molecular weight excluding hydrogens is 2720 g/mol. The summed E-state index contributed by atoms with van der Waals surface area (Å²) in [4.78, 5) is 74.6. The van der Waals surface area contributed by atoms with E-state index < -0.39 is 17.7 Å². The number of allylic oxidation sites excluding steroid dienone is 6. The van der Waals surface area contributed by atoms with Crippen molar-refractivity contribution in [2.45, 2.75) is 68.5 Å². The summed E-state index contributed by atoms with van der Waals surface area (Å²) in [6.07, 6.45) is 11.2. The van der Waals surface area contributed by atoms with Crippen LogP contribution in [0.4, 0.5) is 13.2 Å². The maximum Gasteiger partial charge on any atom is 0.399 e. The minimum Gasteiger partial charge on any atom is -0.512 e. The molecule has 0 bridgehead atoms. The number of carbonyl (C=O) groups excluding carboxylic acids is 3. The third-order valence-corrected chi connectivity index (χ3v) is 16.3. The van der Waals surface area contributed by atoms with Gasteiger partial charge in [-0.2, -0.15) is 13.2 Å². The summed E-state index contributed by atoms with van der Waals surface area (Å²) in [5.41, 5.74) is 16.9. The van der Waals surface area contributed by atoms with Crippen molar-refractivity contribution < 1.29 is 173 Å². The van der Waals surface area contributed by atoms with Crippen molar-refractivity contribution in [3.05, 3.63) is 447 Å². The second kappa shape index (κ2) is 64.7. The standard InChI is InChI=1S/C22H15N2.C15H10N.C13H9F3N.2C12H10N.C11H8N.C6H5NO2.3C5H8O2.6Ir/c1-4-10-17(11-5-1)20-16-23-21(18-12-6-2-7-13-18)22(24-20)19-14-8-3-9-15-19;1-2-7-13(8-3-1)15-14-9-5-4-6-12(14)10-11-16-15;1-9-6-10(12-4-2-3-5-17-12)8-11(7-9)13(14,15)16;1-10-5-4-6-11(9-10)12-7-2-3-8-13-12;1-10-5-7-11(8-6-10)12-4-2-3-9-13-12;1-2-6-10(7-3-1)11-8-4-5-9-12-11;8-6(9)5-3-1-2-4-7-5;3*1-4(6)3-5(2)7;;;;;;/h1-12,14-16H;1-7,9-11H;2-7H,1H3;2-5,7-9H,1H3;2-7,9H,1H3;1-6,8-9H;1-4H,(H,8,9);3*3,6H,1-2H3;;;;;;/q6*-1;;;;;;;;;;. The second-order valence-electron chi connectivity index (χ2n) is 27.0. The molecule has 0 aliphatic heterocycles. The Morgan fingerprint density at radius 1 is 0.321 bits per heavy atom. The Balaban J connectivity index is 0.000000742. The van der Waals surface area contributed by atoms with Crippen LogP contribution in [0.5, 0.6) is 0 Å². The number of aliphatic hydroxyl groups excluding tert-OH is 3. The van der Waals surface area contributed by atoms with Crippen LogP contribution >= 0.6 is 0 Å². The molecule has 16 rings (SSSR count). The minimum atomic E-state index is -4.38. The number of aryl methyl sites for hydroxylation is 3. The van der Waals surface area contributed by atoms with E-state index in [-0.39, 0.29) is 161 Å². The average molecular weight is 2820 g/mol. The van der Waals surface area contributed by atoms with E-state index >= 15 is 0 Å². The Bertz CT molecular complexity index is 5950. The SMILES string of the molecule is CC(=O)C=C(C)O.CC(=O)C=C(C)O.CC(=O)C=C(C)O.Cc1c[c-]c(-c2ccccn2)cc1.Cc1cc(-c2ccccn2)[c-]c(C(F)(F)F)c1.Cc1cc[c-]c(-c2ccccn2)c1.O=C(O)c1ccccn1.[Ir].[Ir].[Ir].[Ir].[Ir].[Ir].[c-]1ccccc1-c1ccccn1.[c-]1ccccc1-c1ncc(-c2ccccc2)nc1-c1ccccc1.[c-]1ccccc1-c1nccc2ccccc12. The summed E-state index contributed by atoms with van der Waals surface area (Å²) in [7, 11) is 0. The average Bonchev–Trinajstić information content (AvgIpc) is 1.01. The summed E-state index contributed by atoms with van der Waals surface area (Å²) in [5.74, 6) is -1.18. The van der Waals surface area contributed by atoms with Crippen molar-refractivity contribution in [1.29, 1.82) is 0 Å². The van der Waals surface area contributed by atoms with Crippen LogP contribution in [0.15, 0.2) is 382 Å².